The van der Waals surface area contributed by atoms with Crippen LogP contribution in [0.5, 0.6) is 0 Å². The number of amides is 1. The third kappa shape index (κ3) is 3.60. The van der Waals surface area contributed by atoms with Gasteiger partial charge in [0.2, 0.25) is 10.0 Å². The van der Waals surface area contributed by atoms with Gasteiger partial charge in [0.1, 0.15) is 4.90 Å². The van der Waals surface area contributed by atoms with E-state index in [-0.39, 0.29) is 16.5 Å². The van der Waals surface area contributed by atoms with Gasteiger partial charge in [0.05, 0.1) is 11.3 Å². The van der Waals surface area contributed by atoms with Gasteiger partial charge in [0, 0.05) is 3.57 Å². The van der Waals surface area contributed by atoms with Crippen molar-refractivity contribution < 1.29 is 13.2 Å². The summed E-state index contributed by atoms with van der Waals surface area (Å²) in [5.41, 5.74) is 0.742. The molecular formula is C14H13IN2O3S. The highest BCUT2D eigenvalue weighted by Gasteiger charge is 2.18. The first-order valence-corrected chi connectivity index (χ1v) is 8.60. The summed E-state index contributed by atoms with van der Waals surface area (Å²) in [4.78, 5) is 12.3. The summed E-state index contributed by atoms with van der Waals surface area (Å²) in [6.07, 6.45) is 0. The molecule has 7 heteroatoms. The quantitative estimate of drug-likeness (QED) is 0.753. The molecule has 110 valence electrons. The first kappa shape index (κ1) is 15.9. The average molecular weight is 416 g/mol. The largest absolute Gasteiger partial charge is 0.321 e. The van der Waals surface area contributed by atoms with Crippen LogP contribution in [0.2, 0.25) is 0 Å². The zero-order chi connectivity index (χ0) is 15.5. The molecule has 2 N–H and O–H groups in total. The summed E-state index contributed by atoms with van der Waals surface area (Å²) in [6.45, 7) is 0. The number of para-hydroxylation sites is 1. The van der Waals surface area contributed by atoms with E-state index in [1.807, 2.05) is 12.1 Å². The van der Waals surface area contributed by atoms with Crippen molar-refractivity contribution in [3.8, 4) is 0 Å². The molecule has 0 aromatic heterocycles. The number of hydrogen-bond donors (Lipinski definition) is 2. The molecule has 0 bridgehead atoms. The minimum Gasteiger partial charge on any atom is -0.321 e. The predicted molar refractivity (Wildman–Crippen MR) is 89.8 cm³/mol. The molecule has 0 atom stereocenters. The second-order valence-electron chi connectivity index (χ2n) is 4.14. The Morgan fingerprint density at radius 2 is 1.67 bits per heavy atom. The molecule has 0 unspecified atom stereocenters. The molecule has 0 spiro atoms. The van der Waals surface area contributed by atoms with Crippen LogP contribution in [0.3, 0.4) is 0 Å². The van der Waals surface area contributed by atoms with Gasteiger partial charge in [-0.15, -0.1) is 0 Å². The standard InChI is InChI=1S/C14H13IN2O3S/c1-16-21(19,20)13-9-5-4-8-12(13)17-14(18)10-6-2-3-7-11(10)15/h2-9,16H,1H3,(H,17,18). The second kappa shape index (κ2) is 6.54. The lowest BCUT2D eigenvalue weighted by Gasteiger charge is -2.11. The highest BCUT2D eigenvalue weighted by Crippen LogP contribution is 2.22. The summed E-state index contributed by atoms with van der Waals surface area (Å²) < 4.78 is 26.9. The molecular weight excluding hydrogens is 403 g/mol. The third-order valence-corrected chi connectivity index (χ3v) is 5.23. The van der Waals surface area contributed by atoms with Crippen LogP contribution >= 0.6 is 22.6 Å². The monoisotopic (exact) mass is 416 g/mol. The van der Waals surface area contributed by atoms with Crippen LogP contribution in [0.4, 0.5) is 5.69 Å². The van der Waals surface area contributed by atoms with Crippen LogP contribution in [0.25, 0.3) is 0 Å². The Morgan fingerprint density at radius 1 is 1.05 bits per heavy atom. The van der Waals surface area contributed by atoms with E-state index in [4.69, 9.17) is 0 Å². The zero-order valence-electron chi connectivity index (χ0n) is 11.1. The Balaban J connectivity index is 2.38. The van der Waals surface area contributed by atoms with Crippen LogP contribution in [0.1, 0.15) is 10.4 Å². The second-order valence-corrected chi connectivity index (χ2v) is 7.15. The Hall–Kier alpha value is -1.45. The minimum atomic E-state index is -3.63. The van der Waals surface area contributed by atoms with Gasteiger partial charge < -0.3 is 5.32 Å². The molecule has 21 heavy (non-hydrogen) atoms. The molecule has 5 nitrogen and oxygen atoms in total. The van der Waals surface area contributed by atoms with E-state index in [2.05, 4.69) is 32.6 Å². The van der Waals surface area contributed by atoms with E-state index in [0.717, 1.165) is 3.57 Å². The number of benzene rings is 2. The molecule has 0 saturated carbocycles. The average Bonchev–Trinajstić information content (AvgIpc) is 2.48. The van der Waals surface area contributed by atoms with E-state index in [9.17, 15) is 13.2 Å². The van der Waals surface area contributed by atoms with Crippen molar-refractivity contribution in [1.29, 1.82) is 0 Å². The normalized spacial score (nSPS) is 11.1. The predicted octanol–water partition coefficient (Wildman–Crippen LogP) is 2.45. The molecule has 1 amide bonds. The molecule has 2 rings (SSSR count). The molecule has 2 aromatic rings. The number of rotatable bonds is 4. The summed E-state index contributed by atoms with van der Waals surface area (Å²) in [7, 11) is -2.31. The lowest BCUT2D eigenvalue weighted by atomic mass is 10.2. The number of nitrogens with one attached hydrogen (secondary N) is 2. The van der Waals surface area contributed by atoms with Crippen molar-refractivity contribution in [2.45, 2.75) is 4.90 Å². The number of anilines is 1. The lowest BCUT2D eigenvalue weighted by molar-refractivity contribution is 0.102. The number of carbonyl (C=O) groups is 1. The summed E-state index contributed by atoms with van der Waals surface area (Å²) in [5, 5.41) is 2.65. The van der Waals surface area contributed by atoms with Crippen LogP contribution in [0.15, 0.2) is 53.4 Å². The van der Waals surface area contributed by atoms with Crippen molar-refractivity contribution in [3.05, 3.63) is 57.7 Å². The third-order valence-electron chi connectivity index (χ3n) is 2.81. The van der Waals surface area contributed by atoms with E-state index >= 15 is 0 Å². The maximum absolute atomic E-state index is 12.3. The molecule has 0 heterocycles. The van der Waals surface area contributed by atoms with Gasteiger partial charge in [-0.2, -0.15) is 0 Å². The number of hydrogen-bond acceptors (Lipinski definition) is 3. The van der Waals surface area contributed by atoms with Gasteiger partial charge >= 0.3 is 0 Å². The van der Waals surface area contributed by atoms with Gasteiger partial charge in [0.15, 0.2) is 0 Å². The van der Waals surface area contributed by atoms with Crippen molar-refractivity contribution in [2.24, 2.45) is 0 Å². The molecule has 0 fully saturated rings. The number of carbonyl (C=O) groups excluding carboxylic acids is 1. The minimum absolute atomic E-state index is 0.0341. The highest BCUT2D eigenvalue weighted by atomic mass is 127. The summed E-state index contributed by atoms with van der Waals surface area (Å²) in [5.74, 6) is -0.348. The first-order chi connectivity index (χ1) is 9.95. The van der Waals surface area contributed by atoms with Crippen molar-refractivity contribution >= 4 is 44.2 Å². The maximum atomic E-state index is 12.3. The van der Waals surface area contributed by atoms with Crippen LogP contribution in [0, 0.1) is 3.57 Å². The zero-order valence-corrected chi connectivity index (χ0v) is 14.1. The van der Waals surface area contributed by atoms with Crippen LogP contribution < -0.4 is 10.0 Å². The van der Waals surface area contributed by atoms with E-state index in [0.29, 0.717) is 5.56 Å². The summed E-state index contributed by atoms with van der Waals surface area (Å²) >= 11 is 2.06. The lowest BCUT2D eigenvalue weighted by Crippen LogP contribution is -2.22. The van der Waals surface area contributed by atoms with Gasteiger partial charge in [-0.25, -0.2) is 13.1 Å². The molecule has 0 aliphatic heterocycles. The van der Waals surface area contributed by atoms with Crippen molar-refractivity contribution in [2.75, 3.05) is 12.4 Å². The smallest absolute Gasteiger partial charge is 0.256 e. The number of sulfonamides is 1. The SMILES string of the molecule is CNS(=O)(=O)c1ccccc1NC(=O)c1ccccc1I. The Kier molecular flexibility index (Phi) is 4.96. The van der Waals surface area contributed by atoms with E-state index in [1.54, 1.807) is 30.3 Å². The van der Waals surface area contributed by atoms with Crippen LogP contribution in [-0.4, -0.2) is 21.4 Å². The van der Waals surface area contributed by atoms with Crippen molar-refractivity contribution in [3.63, 3.8) is 0 Å². The fourth-order valence-corrected chi connectivity index (χ4v) is 3.27. The van der Waals surface area contributed by atoms with Gasteiger partial charge in [-0.3, -0.25) is 4.79 Å². The molecule has 0 aliphatic carbocycles. The van der Waals surface area contributed by atoms with Gasteiger partial charge in [-0.1, -0.05) is 24.3 Å². The Labute approximate surface area is 137 Å². The van der Waals surface area contributed by atoms with Gasteiger partial charge in [-0.05, 0) is 53.9 Å². The van der Waals surface area contributed by atoms with Crippen LogP contribution in [-0.2, 0) is 10.0 Å². The topological polar surface area (TPSA) is 75.3 Å². The van der Waals surface area contributed by atoms with Gasteiger partial charge in [0.25, 0.3) is 5.91 Å². The Morgan fingerprint density at radius 3 is 2.33 bits per heavy atom. The first-order valence-electron chi connectivity index (χ1n) is 6.04. The fraction of sp³-hybridized carbons (Fsp3) is 0.0714. The summed E-state index contributed by atoms with van der Waals surface area (Å²) in [6, 6.07) is 13.4. The van der Waals surface area contributed by atoms with Crippen molar-refractivity contribution in [1.82, 2.24) is 4.72 Å². The van der Waals surface area contributed by atoms with E-state index in [1.165, 1.54) is 13.1 Å². The highest BCUT2D eigenvalue weighted by molar-refractivity contribution is 14.1. The molecule has 2 aromatic carbocycles. The molecule has 0 aliphatic rings. The van der Waals surface area contributed by atoms with E-state index < -0.39 is 10.0 Å². The maximum Gasteiger partial charge on any atom is 0.256 e. The molecule has 0 radical (unpaired) electrons. The fourth-order valence-electron chi connectivity index (χ4n) is 1.75. The number of halogens is 1. The Bertz CT molecular complexity index is 775. The molecule has 0 saturated heterocycles.